The topological polar surface area (TPSA) is 66.6 Å². The summed E-state index contributed by atoms with van der Waals surface area (Å²) in [6, 6.07) is 3.04. The lowest BCUT2D eigenvalue weighted by Gasteiger charge is -2.09. The highest BCUT2D eigenvalue weighted by Gasteiger charge is 2.09. The molecule has 1 heterocycles. The average molecular weight is 246 g/mol. The molecule has 1 aromatic rings. The van der Waals surface area contributed by atoms with Gasteiger partial charge < -0.3 is 5.73 Å². The Morgan fingerprint density at radius 3 is 2.87 bits per heavy atom. The Bertz CT molecular complexity index is 339. The molecule has 0 bridgehead atoms. The molecule has 0 unspecified atom stereocenters. The molecule has 0 aliphatic heterocycles. The number of thioether (sulfide) groups is 1. The van der Waals surface area contributed by atoms with Gasteiger partial charge >= 0.3 is 6.03 Å². The van der Waals surface area contributed by atoms with Crippen LogP contribution in [0.5, 0.6) is 0 Å². The van der Waals surface area contributed by atoms with E-state index in [4.69, 9.17) is 10.9 Å². The minimum absolute atomic E-state index is 0.151. The third kappa shape index (κ3) is 4.11. The number of hydroxylamine groups is 2. The lowest BCUT2D eigenvalue weighted by molar-refractivity contribution is -0.0462. The summed E-state index contributed by atoms with van der Waals surface area (Å²) < 4.78 is 1.18. The lowest BCUT2D eigenvalue weighted by atomic mass is 10.5. The van der Waals surface area contributed by atoms with Gasteiger partial charge in [-0.05, 0) is 12.1 Å². The summed E-state index contributed by atoms with van der Waals surface area (Å²) in [7, 11) is 0. The van der Waals surface area contributed by atoms with E-state index >= 15 is 0 Å². The highest BCUT2D eigenvalue weighted by molar-refractivity contribution is 8.01. The number of primary amides is 1. The molecule has 0 saturated heterocycles. The summed E-state index contributed by atoms with van der Waals surface area (Å²) in [5.41, 5.74) is 4.91. The summed E-state index contributed by atoms with van der Waals surface area (Å²) in [6.07, 6.45) is 0. The smallest absolute Gasteiger partial charge is 0.338 e. The van der Waals surface area contributed by atoms with Gasteiger partial charge in [-0.1, -0.05) is 13.8 Å². The van der Waals surface area contributed by atoms with Crippen LogP contribution in [0.2, 0.25) is 0 Å². The quantitative estimate of drug-likeness (QED) is 0.487. The Morgan fingerprint density at radius 1 is 1.67 bits per heavy atom. The zero-order valence-electron chi connectivity index (χ0n) is 8.64. The number of carbonyl (C=O) groups is 1. The second kappa shape index (κ2) is 5.39. The third-order valence-corrected chi connectivity index (χ3v) is 3.79. The minimum atomic E-state index is -0.832. The van der Waals surface area contributed by atoms with Crippen molar-refractivity contribution in [3.63, 3.8) is 0 Å². The fraction of sp³-hybridized carbons (Fsp3) is 0.444. The maximum atomic E-state index is 10.6. The van der Waals surface area contributed by atoms with Crippen molar-refractivity contribution >= 4 is 29.1 Å². The van der Waals surface area contributed by atoms with Crippen LogP contribution < -0.4 is 5.73 Å². The molecule has 3 N–H and O–H groups in total. The van der Waals surface area contributed by atoms with Gasteiger partial charge in [0.2, 0.25) is 0 Å². The first kappa shape index (κ1) is 12.4. The maximum Gasteiger partial charge on any atom is 0.338 e. The van der Waals surface area contributed by atoms with E-state index in [0.717, 1.165) is 4.88 Å². The third-order valence-electron chi connectivity index (χ3n) is 1.55. The van der Waals surface area contributed by atoms with Crippen molar-refractivity contribution in [3.8, 4) is 0 Å². The van der Waals surface area contributed by atoms with Gasteiger partial charge in [-0.2, -0.15) is 0 Å². The second-order valence-corrected chi connectivity index (χ2v) is 6.33. The van der Waals surface area contributed by atoms with Crippen LogP contribution in [-0.2, 0) is 6.54 Å². The van der Waals surface area contributed by atoms with E-state index in [0.29, 0.717) is 10.3 Å². The van der Waals surface area contributed by atoms with Crippen LogP contribution in [0, 0.1) is 0 Å². The monoisotopic (exact) mass is 246 g/mol. The van der Waals surface area contributed by atoms with Crippen molar-refractivity contribution in [1.82, 2.24) is 5.06 Å². The molecule has 0 aliphatic carbocycles. The van der Waals surface area contributed by atoms with Crippen molar-refractivity contribution < 1.29 is 10.0 Å². The van der Waals surface area contributed by atoms with Crippen LogP contribution in [0.15, 0.2) is 16.3 Å². The highest BCUT2D eigenvalue weighted by Crippen LogP contribution is 2.30. The van der Waals surface area contributed by atoms with E-state index < -0.39 is 6.03 Å². The van der Waals surface area contributed by atoms with Gasteiger partial charge in [0, 0.05) is 10.1 Å². The standard InChI is InChI=1S/C9H14N2O2S2/c1-6(2)14-8-4-3-7(15-8)5-11(13)9(10)12/h3-4,6,13H,5H2,1-2H3,(H2,10,12). The molecule has 15 heavy (non-hydrogen) atoms. The Kier molecular flexibility index (Phi) is 4.44. The summed E-state index contributed by atoms with van der Waals surface area (Å²) in [5.74, 6) is 0. The highest BCUT2D eigenvalue weighted by atomic mass is 32.2. The SMILES string of the molecule is CC(C)Sc1ccc(CN(O)C(N)=O)s1. The number of hydrogen-bond donors (Lipinski definition) is 2. The summed E-state index contributed by atoms with van der Waals surface area (Å²) in [6.45, 7) is 4.39. The number of nitrogens with zero attached hydrogens (tertiary/aromatic N) is 1. The van der Waals surface area contributed by atoms with Crippen molar-refractivity contribution in [1.29, 1.82) is 0 Å². The molecule has 0 fully saturated rings. The van der Waals surface area contributed by atoms with Crippen LogP contribution in [-0.4, -0.2) is 21.6 Å². The van der Waals surface area contributed by atoms with Crippen molar-refractivity contribution in [2.45, 2.75) is 29.9 Å². The van der Waals surface area contributed by atoms with Gasteiger partial charge in [0.25, 0.3) is 0 Å². The van der Waals surface area contributed by atoms with Crippen molar-refractivity contribution in [2.75, 3.05) is 0 Å². The molecule has 0 atom stereocenters. The molecule has 4 nitrogen and oxygen atoms in total. The second-order valence-electron chi connectivity index (χ2n) is 3.28. The van der Waals surface area contributed by atoms with Gasteiger partial charge in [-0.15, -0.1) is 23.1 Å². The number of urea groups is 1. The zero-order valence-corrected chi connectivity index (χ0v) is 10.3. The van der Waals surface area contributed by atoms with E-state index in [9.17, 15) is 4.79 Å². The number of carbonyl (C=O) groups excluding carboxylic acids is 1. The number of thiophene rings is 1. The fourth-order valence-electron chi connectivity index (χ4n) is 0.964. The Morgan fingerprint density at radius 2 is 2.33 bits per heavy atom. The van der Waals surface area contributed by atoms with Gasteiger partial charge in [0.1, 0.15) is 0 Å². The van der Waals surface area contributed by atoms with E-state index in [1.54, 1.807) is 23.1 Å². The van der Waals surface area contributed by atoms with Crippen LogP contribution >= 0.6 is 23.1 Å². The van der Waals surface area contributed by atoms with E-state index in [1.165, 1.54) is 4.21 Å². The van der Waals surface area contributed by atoms with E-state index in [2.05, 4.69) is 13.8 Å². The van der Waals surface area contributed by atoms with Gasteiger partial charge in [0.15, 0.2) is 0 Å². The minimum Gasteiger partial charge on any atom is -0.350 e. The van der Waals surface area contributed by atoms with Crippen molar-refractivity contribution in [3.05, 3.63) is 17.0 Å². The summed E-state index contributed by atoms with van der Waals surface area (Å²) in [4.78, 5) is 11.5. The largest absolute Gasteiger partial charge is 0.350 e. The molecule has 0 aromatic carbocycles. The number of hydrogen-bond acceptors (Lipinski definition) is 4. The molecule has 84 valence electrons. The van der Waals surface area contributed by atoms with Crippen LogP contribution in [0.25, 0.3) is 0 Å². The predicted molar refractivity (Wildman–Crippen MR) is 62.2 cm³/mol. The lowest BCUT2D eigenvalue weighted by Crippen LogP contribution is -2.31. The number of rotatable bonds is 4. The molecular weight excluding hydrogens is 232 g/mol. The maximum absolute atomic E-state index is 10.6. The number of amides is 2. The molecule has 0 radical (unpaired) electrons. The molecule has 0 saturated carbocycles. The van der Waals surface area contributed by atoms with E-state index in [1.807, 2.05) is 12.1 Å². The fourth-order valence-corrected chi connectivity index (χ4v) is 3.38. The predicted octanol–water partition coefficient (Wildman–Crippen LogP) is 2.52. The summed E-state index contributed by atoms with van der Waals surface area (Å²) in [5, 5.41) is 10.2. The zero-order chi connectivity index (χ0) is 11.4. The van der Waals surface area contributed by atoms with Crippen LogP contribution in [0.3, 0.4) is 0 Å². The molecule has 2 amide bonds. The molecule has 0 aliphatic rings. The first-order valence-corrected chi connectivity index (χ1v) is 6.20. The average Bonchev–Trinajstić information content (AvgIpc) is 2.51. The van der Waals surface area contributed by atoms with E-state index in [-0.39, 0.29) is 6.54 Å². The normalized spacial score (nSPS) is 10.7. The molecule has 0 spiro atoms. The first-order chi connectivity index (χ1) is 6.99. The van der Waals surface area contributed by atoms with Gasteiger partial charge in [-0.3, -0.25) is 5.21 Å². The Balaban J connectivity index is 2.56. The Labute approximate surface area is 97.0 Å². The number of nitrogens with two attached hydrogens (primary N) is 1. The molecule has 6 heteroatoms. The first-order valence-electron chi connectivity index (χ1n) is 4.50. The Hall–Kier alpha value is -0.720. The molecule has 1 rings (SSSR count). The molecule has 1 aromatic heterocycles. The van der Waals surface area contributed by atoms with Gasteiger partial charge in [-0.25, -0.2) is 9.86 Å². The van der Waals surface area contributed by atoms with Gasteiger partial charge in [0.05, 0.1) is 10.8 Å². The van der Waals surface area contributed by atoms with Crippen LogP contribution in [0.1, 0.15) is 18.7 Å². The van der Waals surface area contributed by atoms with Crippen molar-refractivity contribution in [2.24, 2.45) is 5.73 Å². The molecular formula is C9H14N2O2S2. The summed E-state index contributed by atoms with van der Waals surface area (Å²) >= 11 is 3.32. The van der Waals surface area contributed by atoms with Crippen LogP contribution in [0.4, 0.5) is 4.79 Å².